The molecule has 0 saturated heterocycles. The molecule has 37 heavy (non-hydrogen) atoms. The fraction of sp³-hybridized carbons (Fsp3) is 0.364. The Balaban J connectivity index is 0.000000405. The quantitative estimate of drug-likeness (QED) is 0.398. The van der Waals surface area contributed by atoms with E-state index in [0.717, 1.165) is 12.3 Å². The number of hydrogen-bond acceptors (Lipinski definition) is 6. The van der Waals surface area contributed by atoms with E-state index >= 15 is 0 Å². The number of fused-ring (bicyclic) bond motifs is 1. The van der Waals surface area contributed by atoms with Crippen LogP contribution in [0.15, 0.2) is 52.4 Å². The number of H-pyrrole nitrogens is 1. The number of hydrogen-bond donors (Lipinski definition) is 2. The predicted octanol–water partition coefficient (Wildman–Crippen LogP) is 3.12. The Morgan fingerprint density at radius 3 is 2.19 bits per heavy atom. The molecule has 0 fully saturated rings. The van der Waals surface area contributed by atoms with Crippen LogP contribution in [0.4, 0.5) is 13.2 Å². The highest BCUT2D eigenvalue weighted by atomic mass is 32.2. The minimum absolute atomic E-state index is 0.113. The summed E-state index contributed by atoms with van der Waals surface area (Å²) in [6.07, 6.45) is 1.02. The summed E-state index contributed by atoms with van der Waals surface area (Å²) in [5.74, 6) is 0. The Bertz CT molecular complexity index is 1620. The molecule has 11 nitrogen and oxygen atoms in total. The second-order valence-electron chi connectivity index (χ2n) is 8.71. The third-order valence-corrected chi connectivity index (χ3v) is 5.60. The Hall–Kier alpha value is -3.88. The van der Waals surface area contributed by atoms with Gasteiger partial charge in [-0.15, -0.1) is 0 Å². The molecule has 0 radical (unpaired) electrons. The average molecular weight is 542 g/mol. The van der Waals surface area contributed by atoms with E-state index in [4.69, 9.17) is 0 Å². The van der Waals surface area contributed by atoms with E-state index in [9.17, 15) is 31.2 Å². The van der Waals surface area contributed by atoms with Crippen LogP contribution in [0.25, 0.3) is 22.2 Å². The highest BCUT2D eigenvalue weighted by Gasteiger charge is 2.35. The molecule has 2 N–H and O–H groups in total. The Morgan fingerprint density at radius 2 is 1.70 bits per heavy atom. The molecule has 0 amide bonds. The van der Waals surface area contributed by atoms with E-state index < -0.39 is 33.0 Å². The Morgan fingerprint density at radius 1 is 1.03 bits per heavy atom. The highest BCUT2D eigenvalue weighted by Crippen LogP contribution is 2.39. The smallest absolute Gasteiger partial charge is 0.305 e. The second kappa shape index (κ2) is 10.2. The van der Waals surface area contributed by atoms with Crippen molar-refractivity contribution in [2.75, 3.05) is 11.1 Å². The zero-order chi connectivity index (χ0) is 27.7. The molecule has 15 heteroatoms. The van der Waals surface area contributed by atoms with Crippen molar-refractivity contribution in [1.29, 1.82) is 0 Å². The number of nitrogens with one attached hydrogen (secondary N) is 2. The lowest BCUT2D eigenvalue weighted by Gasteiger charge is -2.17. The molecule has 4 aromatic rings. The van der Waals surface area contributed by atoms with Gasteiger partial charge in [0.1, 0.15) is 0 Å². The molecular weight excluding hydrogens is 515 g/mol. The van der Waals surface area contributed by atoms with Crippen molar-refractivity contribution in [3.05, 3.63) is 69.3 Å². The van der Waals surface area contributed by atoms with Crippen LogP contribution in [0.5, 0.6) is 0 Å². The van der Waals surface area contributed by atoms with E-state index in [0.29, 0.717) is 12.1 Å². The van der Waals surface area contributed by atoms with Crippen LogP contribution in [-0.2, 0) is 16.2 Å². The topological polar surface area (TPSA) is 137 Å². The Labute approximate surface area is 209 Å². The number of nitrogens with zero attached hydrogens (tertiary/aromatic N) is 5. The van der Waals surface area contributed by atoms with Gasteiger partial charge >= 0.3 is 11.9 Å². The normalized spacial score (nSPS) is 12.2. The van der Waals surface area contributed by atoms with E-state index in [-0.39, 0.29) is 32.9 Å². The second-order valence-corrected chi connectivity index (χ2v) is 10.4. The number of alkyl halides is 3. The summed E-state index contributed by atoms with van der Waals surface area (Å²) in [5.41, 5.74) is -4.00. The van der Waals surface area contributed by atoms with Crippen LogP contribution in [0.1, 0.15) is 45.3 Å². The average Bonchev–Trinajstić information content (AvgIpc) is 3.47. The van der Waals surface area contributed by atoms with Crippen LogP contribution in [0.3, 0.4) is 0 Å². The van der Waals surface area contributed by atoms with Crippen LogP contribution >= 0.6 is 0 Å². The number of halogens is 3. The number of aromatic amines is 1. The molecule has 0 aliphatic heterocycles. The van der Waals surface area contributed by atoms with Crippen molar-refractivity contribution in [3.8, 4) is 11.3 Å². The third kappa shape index (κ3) is 6.28. The summed E-state index contributed by atoms with van der Waals surface area (Å²) < 4.78 is 67.4. The van der Waals surface area contributed by atoms with Gasteiger partial charge in [-0.25, -0.2) is 18.0 Å². The molecule has 0 atom stereocenters. The van der Waals surface area contributed by atoms with Crippen LogP contribution < -0.4 is 16.1 Å². The van der Waals surface area contributed by atoms with Gasteiger partial charge in [0.15, 0.2) is 0 Å². The summed E-state index contributed by atoms with van der Waals surface area (Å²) in [4.78, 5) is 28.5. The summed E-state index contributed by atoms with van der Waals surface area (Å²) in [6, 6.07) is 5.14. The van der Waals surface area contributed by atoms with E-state index in [1.54, 1.807) is 24.9 Å². The molecule has 0 aliphatic carbocycles. The van der Waals surface area contributed by atoms with E-state index in [1.165, 1.54) is 16.9 Å². The summed E-state index contributed by atoms with van der Waals surface area (Å²) >= 11 is 0. The molecule has 0 bridgehead atoms. The lowest BCUT2D eigenvalue weighted by molar-refractivity contribution is -0.137. The van der Waals surface area contributed by atoms with Crippen molar-refractivity contribution < 1.29 is 21.6 Å². The van der Waals surface area contributed by atoms with Gasteiger partial charge in [-0.1, -0.05) is 0 Å². The first-order valence-electron chi connectivity index (χ1n) is 11.0. The van der Waals surface area contributed by atoms with Crippen molar-refractivity contribution in [3.63, 3.8) is 0 Å². The van der Waals surface area contributed by atoms with Gasteiger partial charge in [0.05, 0.1) is 28.4 Å². The minimum Gasteiger partial charge on any atom is -0.305 e. The van der Waals surface area contributed by atoms with Gasteiger partial charge in [-0.2, -0.15) is 28.0 Å². The van der Waals surface area contributed by atoms with Crippen LogP contribution in [-0.4, -0.2) is 43.9 Å². The first kappa shape index (κ1) is 27.7. The van der Waals surface area contributed by atoms with Crippen molar-refractivity contribution >= 4 is 20.9 Å². The standard InChI is InChI=1S/C16H16F3N5O4S.C6H10N2/c1-8(2)23-13(4-5-20-23)9-6-10-12(7-11(9)16(17,18)19)21-15(26)24(14(10)25)22-29(3,27)28;1-6(2)8-5-3-4-7-8/h4-8,22H,1-3H3,(H,21,26);3-6H,1-2H3. The number of sulfonamides is 1. The van der Waals surface area contributed by atoms with Crippen molar-refractivity contribution in [2.24, 2.45) is 0 Å². The van der Waals surface area contributed by atoms with Gasteiger partial charge in [-0.3, -0.25) is 14.2 Å². The van der Waals surface area contributed by atoms with Crippen LogP contribution in [0, 0.1) is 0 Å². The number of benzene rings is 1. The largest absolute Gasteiger partial charge is 0.417 e. The first-order valence-corrected chi connectivity index (χ1v) is 12.9. The molecule has 3 aromatic heterocycles. The first-order chi connectivity index (χ1) is 17.1. The maximum Gasteiger partial charge on any atom is 0.417 e. The Kier molecular flexibility index (Phi) is 7.67. The molecule has 4 rings (SSSR count). The SMILES string of the molecule is CC(C)n1cccn1.CC(C)n1nccc1-c1cc2c(=O)n(NS(C)(=O)=O)c(=O)[nH]c2cc1C(F)(F)F. The maximum atomic E-state index is 13.7. The molecule has 200 valence electrons. The number of aromatic nitrogens is 6. The predicted molar refractivity (Wildman–Crippen MR) is 132 cm³/mol. The van der Waals surface area contributed by atoms with E-state index in [1.807, 2.05) is 16.9 Å². The molecule has 1 aromatic carbocycles. The molecular formula is C22H26F3N7O4S. The number of rotatable bonds is 5. The molecule has 0 unspecified atom stereocenters. The summed E-state index contributed by atoms with van der Waals surface area (Å²) in [7, 11) is -3.99. The fourth-order valence-electron chi connectivity index (χ4n) is 3.48. The van der Waals surface area contributed by atoms with E-state index in [2.05, 4.69) is 29.0 Å². The van der Waals surface area contributed by atoms with Gasteiger partial charge in [0, 0.05) is 36.2 Å². The summed E-state index contributed by atoms with van der Waals surface area (Å²) in [5, 5.41) is 7.74. The van der Waals surface area contributed by atoms with Crippen LogP contribution in [0.2, 0.25) is 0 Å². The molecule has 3 heterocycles. The lowest BCUT2D eigenvalue weighted by Crippen LogP contribution is -2.43. The molecule has 0 spiro atoms. The molecule has 0 saturated carbocycles. The summed E-state index contributed by atoms with van der Waals surface area (Å²) in [6.45, 7) is 7.66. The van der Waals surface area contributed by atoms with Gasteiger partial charge < -0.3 is 4.98 Å². The monoisotopic (exact) mass is 541 g/mol. The van der Waals surface area contributed by atoms with Gasteiger partial charge in [0.2, 0.25) is 10.0 Å². The lowest BCUT2D eigenvalue weighted by atomic mass is 10.0. The third-order valence-electron chi connectivity index (χ3n) is 5.09. The fourth-order valence-corrected chi connectivity index (χ4v) is 3.98. The highest BCUT2D eigenvalue weighted by molar-refractivity contribution is 7.91. The minimum atomic E-state index is -4.79. The zero-order valence-corrected chi connectivity index (χ0v) is 21.4. The zero-order valence-electron chi connectivity index (χ0n) is 20.6. The van der Waals surface area contributed by atoms with Gasteiger partial charge in [-0.05, 0) is 52.0 Å². The molecule has 0 aliphatic rings. The van der Waals surface area contributed by atoms with Crippen molar-refractivity contribution in [1.82, 2.24) is 29.2 Å². The van der Waals surface area contributed by atoms with Crippen molar-refractivity contribution in [2.45, 2.75) is 46.0 Å². The maximum absolute atomic E-state index is 13.7. The van der Waals surface area contributed by atoms with Gasteiger partial charge in [0.25, 0.3) is 5.56 Å².